The SMILES string of the molecule is COCCn1cc(Nc2nccc(-c3ccc(CNC(=O)N4CCC4)c(C(F)(F)F)c3OC(C)(C)C)n2)cn1. The molecule has 0 spiro atoms. The Morgan fingerprint density at radius 3 is 2.56 bits per heavy atom. The number of hydrogen-bond acceptors (Lipinski definition) is 7. The van der Waals surface area contributed by atoms with E-state index in [2.05, 4.69) is 25.7 Å². The summed E-state index contributed by atoms with van der Waals surface area (Å²) in [5.41, 5.74) is -1.00. The van der Waals surface area contributed by atoms with Crippen molar-refractivity contribution >= 4 is 17.7 Å². The number of rotatable bonds is 9. The average Bonchev–Trinajstić information content (AvgIpc) is 3.25. The number of hydrogen-bond donors (Lipinski definition) is 2. The first kappa shape index (κ1) is 28.1. The Morgan fingerprint density at radius 2 is 1.92 bits per heavy atom. The van der Waals surface area contributed by atoms with Crippen LogP contribution in [0.1, 0.15) is 38.3 Å². The van der Waals surface area contributed by atoms with E-state index < -0.39 is 23.4 Å². The van der Waals surface area contributed by atoms with Gasteiger partial charge in [-0.2, -0.15) is 18.3 Å². The highest BCUT2D eigenvalue weighted by molar-refractivity contribution is 5.76. The second kappa shape index (κ2) is 11.5. The minimum Gasteiger partial charge on any atom is -0.487 e. The number of amides is 2. The summed E-state index contributed by atoms with van der Waals surface area (Å²) in [6.07, 6.45) is 0.915. The molecule has 0 aliphatic carbocycles. The number of anilines is 2. The van der Waals surface area contributed by atoms with Crippen LogP contribution in [0, 0.1) is 0 Å². The molecule has 0 saturated carbocycles. The Hall–Kier alpha value is -3.87. The lowest BCUT2D eigenvalue weighted by Crippen LogP contribution is -2.47. The molecular formula is C26H32F3N7O3. The molecule has 3 aromatic rings. The van der Waals surface area contributed by atoms with E-state index in [1.165, 1.54) is 24.4 Å². The van der Waals surface area contributed by atoms with Crippen LogP contribution in [0.3, 0.4) is 0 Å². The summed E-state index contributed by atoms with van der Waals surface area (Å²) in [4.78, 5) is 22.5. The molecule has 13 heteroatoms. The van der Waals surface area contributed by atoms with E-state index in [0.29, 0.717) is 31.9 Å². The fourth-order valence-corrected chi connectivity index (χ4v) is 3.93. The number of urea groups is 1. The van der Waals surface area contributed by atoms with Gasteiger partial charge in [0.15, 0.2) is 0 Å². The first-order valence-electron chi connectivity index (χ1n) is 12.5. The summed E-state index contributed by atoms with van der Waals surface area (Å²) in [7, 11) is 1.60. The predicted molar refractivity (Wildman–Crippen MR) is 139 cm³/mol. The smallest absolute Gasteiger partial charge is 0.420 e. The minimum absolute atomic E-state index is 0.102. The van der Waals surface area contributed by atoms with Gasteiger partial charge in [-0.3, -0.25) is 4.68 Å². The molecule has 1 aromatic carbocycles. The van der Waals surface area contributed by atoms with E-state index in [-0.39, 0.29) is 35.1 Å². The molecule has 1 aliphatic heterocycles. The number of alkyl halides is 3. The number of aromatic nitrogens is 4. The minimum atomic E-state index is -4.75. The van der Waals surface area contributed by atoms with Gasteiger partial charge in [-0.25, -0.2) is 14.8 Å². The molecule has 0 atom stereocenters. The number of nitrogens with zero attached hydrogens (tertiary/aromatic N) is 5. The largest absolute Gasteiger partial charge is 0.487 e. The van der Waals surface area contributed by atoms with E-state index in [0.717, 1.165) is 6.42 Å². The molecule has 1 saturated heterocycles. The number of nitrogens with one attached hydrogen (secondary N) is 2. The number of ether oxygens (including phenoxy) is 2. The highest BCUT2D eigenvalue weighted by Gasteiger charge is 2.40. The van der Waals surface area contributed by atoms with Gasteiger partial charge in [-0.15, -0.1) is 0 Å². The van der Waals surface area contributed by atoms with Crippen molar-refractivity contribution in [3.63, 3.8) is 0 Å². The van der Waals surface area contributed by atoms with Crippen LogP contribution in [0.2, 0.25) is 0 Å². The van der Waals surface area contributed by atoms with Gasteiger partial charge in [0.1, 0.15) is 16.9 Å². The first-order valence-corrected chi connectivity index (χ1v) is 12.5. The van der Waals surface area contributed by atoms with Gasteiger partial charge < -0.3 is 25.0 Å². The summed E-state index contributed by atoms with van der Waals surface area (Å²) in [5, 5.41) is 9.85. The standard InChI is InChI=1S/C26H32F3N7O3/c1-25(2,3)39-22-19(7-6-17(21(22)26(27,28)29)14-31-24(37)35-10-5-11-35)20-8-9-30-23(34-20)33-18-15-32-36(16-18)12-13-38-4/h6-9,15-16H,5,10-14H2,1-4H3,(H,31,37)(H,30,33,34). The van der Waals surface area contributed by atoms with E-state index >= 15 is 0 Å². The van der Waals surface area contributed by atoms with Crippen LogP contribution in [0.15, 0.2) is 36.8 Å². The van der Waals surface area contributed by atoms with Crippen molar-refractivity contribution in [3.8, 4) is 17.0 Å². The fraction of sp³-hybridized carbons (Fsp3) is 0.462. The van der Waals surface area contributed by atoms with E-state index in [9.17, 15) is 18.0 Å². The summed E-state index contributed by atoms with van der Waals surface area (Å²) >= 11 is 0. The highest BCUT2D eigenvalue weighted by atomic mass is 19.4. The third-order valence-corrected chi connectivity index (χ3v) is 5.85. The van der Waals surface area contributed by atoms with Crippen molar-refractivity contribution in [3.05, 3.63) is 47.9 Å². The van der Waals surface area contributed by atoms with Gasteiger partial charge in [0.2, 0.25) is 5.95 Å². The van der Waals surface area contributed by atoms with E-state index in [4.69, 9.17) is 9.47 Å². The van der Waals surface area contributed by atoms with Crippen LogP contribution in [-0.2, 0) is 24.0 Å². The Balaban J connectivity index is 1.69. The van der Waals surface area contributed by atoms with Crippen LogP contribution in [0.25, 0.3) is 11.3 Å². The average molecular weight is 548 g/mol. The van der Waals surface area contributed by atoms with Crippen LogP contribution < -0.4 is 15.4 Å². The zero-order valence-corrected chi connectivity index (χ0v) is 22.3. The molecule has 0 bridgehead atoms. The molecule has 4 rings (SSSR count). The number of carbonyl (C=O) groups excluding carboxylic acids is 1. The molecule has 1 fully saturated rings. The topological polar surface area (TPSA) is 106 Å². The zero-order valence-electron chi connectivity index (χ0n) is 22.3. The van der Waals surface area contributed by atoms with Crippen LogP contribution in [0.4, 0.5) is 29.6 Å². The summed E-state index contributed by atoms with van der Waals surface area (Å²) in [6.45, 7) is 6.94. The number of methoxy groups -OCH3 is 1. The Morgan fingerprint density at radius 1 is 1.15 bits per heavy atom. The Kier molecular flexibility index (Phi) is 8.28. The summed E-state index contributed by atoms with van der Waals surface area (Å²) < 4.78 is 56.2. The van der Waals surface area contributed by atoms with Crippen molar-refractivity contribution in [1.29, 1.82) is 0 Å². The van der Waals surface area contributed by atoms with Gasteiger partial charge in [-0.05, 0) is 44.9 Å². The van der Waals surface area contributed by atoms with Crippen molar-refractivity contribution in [2.75, 3.05) is 32.1 Å². The molecule has 2 aromatic heterocycles. The third kappa shape index (κ3) is 7.16. The molecule has 39 heavy (non-hydrogen) atoms. The van der Waals surface area contributed by atoms with Gasteiger partial charge in [-0.1, -0.05) is 6.07 Å². The maximum absolute atomic E-state index is 14.5. The summed E-state index contributed by atoms with van der Waals surface area (Å²) in [6, 6.07) is 3.99. The summed E-state index contributed by atoms with van der Waals surface area (Å²) in [5.74, 6) is -0.178. The van der Waals surface area contributed by atoms with Crippen LogP contribution >= 0.6 is 0 Å². The van der Waals surface area contributed by atoms with Gasteiger partial charge in [0.25, 0.3) is 0 Å². The molecule has 2 N–H and O–H groups in total. The van der Waals surface area contributed by atoms with Gasteiger partial charge in [0, 0.05) is 44.7 Å². The van der Waals surface area contributed by atoms with Gasteiger partial charge >= 0.3 is 12.2 Å². The third-order valence-electron chi connectivity index (χ3n) is 5.85. The highest BCUT2D eigenvalue weighted by Crippen LogP contribution is 2.45. The van der Waals surface area contributed by atoms with E-state index in [1.807, 2.05) is 0 Å². The normalized spacial score (nSPS) is 13.7. The number of likely N-dealkylation sites (tertiary alicyclic amines) is 1. The molecule has 10 nitrogen and oxygen atoms in total. The number of carbonyl (C=O) groups is 1. The maximum Gasteiger partial charge on any atom is 0.420 e. The Labute approximate surface area is 224 Å². The molecule has 3 heterocycles. The lowest BCUT2D eigenvalue weighted by molar-refractivity contribution is -0.140. The second-order valence-corrected chi connectivity index (χ2v) is 10.1. The predicted octanol–water partition coefficient (Wildman–Crippen LogP) is 4.84. The number of benzene rings is 1. The zero-order chi connectivity index (χ0) is 28.2. The maximum atomic E-state index is 14.5. The molecular weight excluding hydrogens is 515 g/mol. The lowest BCUT2D eigenvalue weighted by Gasteiger charge is -2.31. The Bertz CT molecular complexity index is 1300. The lowest BCUT2D eigenvalue weighted by atomic mass is 9.98. The molecule has 1 aliphatic rings. The first-order chi connectivity index (χ1) is 18.4. The van der Waals surface area contributed by atoms with Crippen molar-refractivity contribution in [2.24, 2.45) is 0 Å². The van der Waals surface area contributed by atoms with E-state index in [1.54, 1.807) is 49.9 Å². The monoisotopic (exact) mass is 547 g/mol. The van der Waals surface area contributed by atoms with Crippen LogP contribution in [-0.4, -0.2) is 63.1 Å². The fourth-order valence-electron chi connectivity index (χ4n) is 3.93. The van der Waals surface area contributed by atoms with Crippen molar-refractivity contribution in [1.82, 2.24) is 30.0 Å². The molecule has 0 unspecified atom stereocenters. The molecule has 210 valence electrons. The molecule has 0 radical (unpaired) electrons. The second-order valence-electron chi connectivity index (χ2n) is 10.1. The van der Waals surface area contributed by atoms with Crippen molar-refractivity contribution in [2.45, 2.75) is 52.1 Å². The number of halogens is 3. The van der Waals surface area contributed by atoms with Gasteiger partial charge in [0.05, 0.1) is 30.7 Å². The molecule has 2 amide bonds. The quantitative estimate of drug-likeness (QED) is 0.395. The van der Waals surface area contributed by atoms with Crippen molar-refractivity contribution < 1.29 is 27.4 Å². The van der Waals surface area contributed by atoms with Crippen LogP contribution in [0.5, 0.6) is 5.75 Å².